The number of carbonyl (C=O) groups is 2. The number of anilines is 1. The fourth-order valence-corrected chi connectivity index (χ4v) is 3.03. The number of hydrogen-bond donors (Lipinski definition) is 2. The van der Waals surface area contributed by atoms with Crippen molar-refractivity contribution in [3.8, 4) is 0 Å². The Morgan fingerprint density at radius 1 is 1.29 bits per heavy atom. The zero-order valence-electron chi connectivity index (χ0n) is 16.4. The van der Waals surface area contributed by atoms with Crippen LogP contribution >= 0.6 is 0 Å². The van der Waals surface area contributed by atoms with Crippen molar-refractivity contribution in [3.63, 3.8) is 0 Å². The number of rotatable bonds is 5. The van der Waals surface area contributed by atoms with E-state index in [0.29, 0.717) is 6.61 Å². The van der Waals surface area contributed by atoms with Gasteiger partial charge in [-0.15, -0.1) is 0 Å². The molecule has 0 fully saturated rings. The predicted molar refractivity (Wildman–Crippen MR) is 106 cm³/mol. The lowest BCUT2D eigenvalue weighted by Gasteiger charge is -2.34. The van der Waals surface area contributed by atoms with Crippen LogP contribution in [-0.2, 0) is 16.0 Å². The number of methoxy groups -OCH3 is 1. The third-order valence-corrected chi connectivity index (χ3v) is 4.59. The minimum absolute atomic E-state index is 0.0681. The van der Waals surface area contributed by atoms with Crippen LogP contribution in [0.3, 0.4) is 0 Å². The van der Waals surface area contributed by atoms with E-state index in [0.717, 1.165) is 28.8 Å². The highest BCUT2D eigenvalue weighted by Crippen LogP contribution is 2.31. The molecule has 3 amide bonds. The molecule has 0 aromatic heterocycles. The van der Waals surface area contributed by atoms with Gasteiger partial charge in [-0.1, -0.05) is 24.3 Å². The monoisotopic (exact) mass is 387 g/mol. The quantitative estimate of drug-likeness (QED) is 0.825. The molecule has 0 saturated heterocycles. The van der Waals surface area contributed by atoms with Gasteiger partial charge in [0.15, 0.2) is 0 Å². The number of nitrogens with one attached hydrogen (secondary N) is 1. The molecule has 0 saturated carbocycles. The van der Waals surface area contributed by atoms with Gasteiger partial charge >= 0.3 is 6.03 Å². The second kappa shape index (κ2) is 9.85. The maximum Gasteiger partial charge on any atom is 0.322 e. The molecular weight excluding hydrogens is 361 g/mol. The van der Waals surface area contributed by atoms with Crippen LogP contribution in [0, 0.1) is 12.7 Å². The van der Waals surface area contributed by atoms with Crippen LogP contribution in [0.15, 0.2) is 42.5 Å². The van der Waals surface area contributed by atoms with Gasteiger partial charge < -0.3 is 20.7 Å². The van der Waals surface area contributed by atoms with Gasteiger partial charge in [-0.05, 0) is 55.2 Å². The van der Waals surface area contributed by atoms with Gasteiger partial charge in [-0.3, -0.25) is 4.79 Å². The first-order valence-corrected chi connectivity index (χ1v) is 9.02. The molecule has 7 heteroatoms. The summed E-state index contributed by atoms with van der Waals surface area (Å²) in [5.74, 6) is -0.685. The number of amides is 3. The first kappa shape index (κ1) is 21.4. The van der Waals surface area contributed by atoms with Crippen LogP contribution in [-0.4, -0.2) is 37.1 Å². The molecule has 6 nitrogen and oxygen atoms in total. The van der Waals surface area contributed by atoms with E-state index in [2.05, 4.69) is 5.32 Å². The van der Waals surface area contributed by atoms with E-state index in [1.54, 1.807) is 13.2 Å². The van der Waals surface area contributed by atoms with Crippen molar-refractivity contribution in [1.29, 1.82) is 0 Å². The van der Waals surface area contributed by atoms with Crippen LogP contribution in [0.5, 0.6) is 0 Å². The summed E-state index contributed by atoms with van der Waals surface area (Å²) in [7, 11) is 1.67. The molecule has 3 N–H and O–H groups in total. The third kappa shape index (κ3) is 5.53. The molecule has 1 heterocycles. The Hall–Kier alpha value is -2.93. The Labute approximate surface area is 164 Å². The number of nitrogens with two attached hydrogens (primary N) is 1. The fraction of sp³-hybridized carbons (Fsp3) is 0.333. The second-order valence-corrected chi connectivity index (χ2v) is 6.60. The van der Waals surface area contributed by atoms with Crippen molar-refractivity contribution in [2.75, 3.05) is 25.6 Å². The standard InChI is InChI=1S/C11H13N3O2.C10H13FO/c1-7-8-4-2-3-5-9(8)13-11(16)14(7)6-10(12)15;1-8-7-10(11)4-3-9(8)5-6-12-2/h2-5,7H,6H2,1H3,(H2,12,15)(H,13,16);3-4,7H,5-6H2,1-2H3. The van der Waals surface area contributed by atoms with Crippen LogP contribution in [0.4, 0.5) is 14.9 Å². The lowest BCUT2D eigenvalue weighted by Crippen LogP contribution is -2.45. The number of para-hydroxylation sites is 1. The van der Waals surface area contributed by atoms with Crippen molar-refractivity contribution in [2.24, 2.45) is 5.73 Å². The van der Waals surface area contributed by atoms with Crippen molar-refractivity contribution in [3.05, 3.63) is 65.0 Å². The number of nitrogens with zero attached hydrogens (tertiary/aromatic N) is 1. The van der Waals surface area contributed by atoms with Gasteiger partial charge in [0.25, 0.3) is 0 Å². The first-order chi connectivity index (χ1) is 13.3. The van der Waals surface area contributed by atoms with Crippen molar-refractivity contribution < 1.29 is 18.7 Å². The summed E-state index contributed by atoms with van der Waals surface area (Å²) < 4.78 is 17.6. The van der Waals surface area contributed by atoms with E-state index in [1.165, 1.54) is 11.0 Å². The lowest BCUT2D eigenvalue weighted by atomic mass is 10.0. The van der Waals surface area contributed by atoms with E-state index >= 15 is 0 Å². The van der Waals surface area contributed by atoms with Crippen LogP contribution in [0.1, 0.15) is 29.7 Å². The average Bonchev–Trinajstić information content (AvgIpc) is 2.65. The number of urea groups is 1. The molecule has 2 aromatic carbocycles. The Morgan fingerprint density at radius 2 is 2.00 bits per heavy atom. The normalized spacial score (nSPS) is 15.2. The topological polar surface area (TPSA) is 84.7 Å². The molecule has 3 rings (SSSR count). The minimum atomic E-state index is -0.513. The van der Waals surface area contributed by atoms with Gasteiger partial charge in [0.2, 0.25) is 5.91 Å². The maximum absolute atomic E-state index is 12.6. The predicted octanol–water partition coefficient (Wildman–Crippen LogP) is 3.40. The highest BCUT2D eigenvalue weighted by Gasteiger charge is 2.29. The number of hydrogen-bond acceptors (Lipinski definition) is 3. The molecule has 0 spiro atoms. The van der Waals surface area contributed by atoms with E-state index < -0.39 is 5.91 Å². The summed E-state index contributed by atoms with van der Waals surface area (Å²) in [4.78, 5) is 24.0. The summed E-state index contributed by atoms with van der Waals surface area (Å²) in [6.07, 6.45) is 0.850. The zero-order valence-corrected chi connectivity index (χ0v) is 16.4. The number of primary amides is 1. The van der Waals surface area contributed by atoms with Crippen LogP contribution < -0.4 is 11.1 Å². The smallest absolute Gasteiger partial charge is 0.322 e. The van der Waals surface area contributed by atoms with Crippen LogP contribution in [0.2, 0.25) is 0 Å². The minimum Gasteiger partial charge on any atom is -0.384 e. The van der Waals surface area contributed by atoms with Crippen molar-refractivity contribution in [2.45, 2.75) is 26.3 Å². The molecular formula is C21H26FN3O3. The highest BCUT2D eigenvalue weighted by atomic mass is 19.1. The Kier molecular flexibility index (Phi) is 7.52. The molecule has 150 valence electrons. The van der Waals surface area contributed by atoms with Gasteiger partial charge in [-0.2, -0.15) is 0 Å². The fourth-order valence-electron chi connectivity index (χ4n) is 3.03. The number of benzene rings is 2. The van der Waals surface area contributed by atoms with E-state index in [9.17, 15) is 14.0 Å². The van der Waals surface area contributed by atoms with E-state index in [-0.39, 0.29) is 24.4 Å². The summed E-state index contributed by atoms with van der Waals surface area (Å²) in [6.45, 7) is 4.41. The number of ether oxygens (including phenoxy) is 1. The van der Waals surface area contributed by atoms with Gasteiger partial charge in [0.05, 0.1) is 12.6 Å². The van der Waals surface area contributed by atoms with Gasteiger partial charge in [0.1, 0.15) is 12.4 Å². The Balaban J connectivity index is 0.000000209. The largest absolute Gasteiger partial charge is 0.384 e. The first-order valence-electron chi connectivity index (χ1n) is 9.02. The summed E-state index contributed by atoms with van der Waals surface area (Å²) >= 11 is 0. The van der Waals surface area contributed by atoms with Crippen molar-refractivity contribution >= 4 is 17.6 Å². The number of fused-ring (bicyclic) bond motifs is 1. The molecule has 2 aromatic rings. The molecule has 1 aliphatic heterocycles. The number of aryl methyl sites for hydroxylation is 1. The SMILES string of the molecule is CC1c2ccccc2NC(=O)N1CC(N)=O.COCCc1ccc(F)cc1C. The molecule has 0 radical (unpaired) electrons. The summed E-state index contributed by atoms with van der Waals surface area (Å²) in [6, 6.07) is 11.9. The van der Waals surface area contributed by atoms with Crippen molar-refractivity contribution in [1.82, 2.24) is 4.90 Å². The Bertz CT molecular complexity index is 841. The van der Waals surface area contributed by atoms with Gasteiger partial charge in [0, 0.05) is 12.8 Å². The average molecular weight is 387 g/mol. The Morgan fingerprint density at radius 3 is 2.64 bits per heavy atom. The zero-order chi connectivity index (χ0) is 20.7. The molecule has 1 atom stereocenters. The molecule has 1 aliphatic rings. The molecule has 1 unspecified atom stereocenters. The molecule has 0 bridgehead atoms. The van der Waals surface area contributed by atoms with E-state index in [1.807, 2.05) is 44.2 Å². The van der Waals surface area contributed by atoms with E-state index in [4.69, 9.17) is 10.5 Å². The highest BCUT2D eigenvalue weighted by molar-refractivity contribution is 5.95. The second-order valence-electron chi connectivity index (χ2n) is 6.60. The van der Waals surface area contributed by atoms with Crippen LogP contribution in [0.25, 0.3) is 0 Å². The molecule has 28 heavy (non-hydrogen) atoms. The summed E-state index contributed by atoms with van der Waals surface area (Å²) in [5.41, 5.74) is 9.03. The summed E-state index contributed by atoms with van der Waals surface area (Å²) in [5, 5.41) is 2.72. The number of halogens is 1. The lowest BCUT2D eigenvalue weighted by molar-refractivity contribution is -0.118. The number of carbonyl (C=O) groups excluding carboxylic acids is 2. The maximum atomic E-state index is 12.6. The molecule has 0 aliphatic carbocycles. The third-order valence-electron chi connectivity index (χ3n) is 4.59. The van der Waals surface area contributed by atoms with Gasteiger partial charge in [-0.25, -0.2) is 9.18 Å².